The molecule has 0 aromatic carbocycles. The van der Waals surface area contributed by atoms with Crippen LogP contribution in [0, 0.1) is 0 Å². The van der Waals surface area contributed by atoms with Crippen molar-refractivity contribution in [3.8, 4) is 0 Å². The minimum atomic E-state index is 0.350. The molecule has 16 heavy (non-hydrogen) atoms. The maximum atomic E-state index is 5.54. The van der Waals surface area contributed by atoms with E-state index in [-0.39, 0.29) is 0 Å². The van der Waals surface area contributed by atoms with Gasteiger partial charge in [0.15, 0.2) is 0 Å². The Bertz CT molecular complexity index is 307. The molecule has 0 saturated heterocycles. The Morgan fingerprint density at radius 1 is 1.50 bits per heavy atom. The van der Waals surface area contributed by atoms with Crippen molar-refractivity contribution in [2.45, 2.75) is 25.8 Å². The summed E-state index contributed by atoms with van der Waals surface area (Å²) in [5, 5.41) is 3.26. The summed E-state index contributed by atoms with van der Waals surface area (Å²) < 4.78 is 6.57. The molecule has 0 amide bonds. The predicted octanol–water partition coefficient (Wildman–Crippen LogP) is 2.40. The molecular weight excluding hydrogens is 268 g/mol. The van der Waals surface area contributed by atoms with E-state index in [1.165, 1.54) is 5.56 Å². The molecule has 1 heterocycles. The van der Waals surface area contributed by atoms with Crippen LogP contribution < -0.4 is 5.32 Å². The van der Waals surface area contributed by atoms with E-state index < -0.39 is 0 Å². The number of hydrogen-bond acceptors (Lipinski definition) is 3. The molecule has 0 spiro atoms. The highest BCUT2D eigenvalue weighted by molar-refractivity contribution is 9.10. The fraction of sp³-hybridized carbons (Fsp3) is 0.583. The van der Waals surface area contributed by atoms with Crippen molar-refractivity contribution < 1.29 is 4.74 Å². The number of nitrogens with one attached hydrogen (secondary N) is 1. The third kappa shape index (κ3) is 5.05. The van der Waals surface area contributed by atoms with Crippen molar-refractivity contribution in [3.05, 3.63) is 28.5 Å². The highest BCUT2D eigenvalue weighted by atomic mass is 79.9. The zero-order chi connectivity index (χ0) is 11.8. The first-order valence-electron chi connectivity index (χ1n) is 5.60. The van der Waals surface area contributed by atoms with Gasteiger partial charge in [-0.25, -0.2) is 0 Å². The molecule has 1 rings (SSSR count). The van der Waals surface area contributed by atoms with Gasteiger partial charge in [-0.1, -0.05) is 6.92 Å². The summed E-state index contributed by atoms with van der Waals surface area (Å²) in [7, 11) is 1.96. The van der Waals surface area contributed by atoms with Gasteiger partial charge in [0.05, 0.1) is 6.61 Å². The highest BCUT2D eigenvalue weighted by Crippen LogP contribution is 2.11. The second-order valence-electron chi connectivity index (χ2n) is 3.78. The Balaban J connectivity index is 2.43. The molecule has 1 aromatic rings. The molecule has 1 unspecified atom stereocenters. The Kier molecular flexibility index (Phi) is 6.61. The van der Waals surface area contributed by atoms with Crippen molar-refractivity contribution in [2.75, 3.05) is 20.3 Å². The topological polar surface area (TPSA) is 34.1 Å². The lowest BCUT2D eigenvalue weighted by molar-refractivity contribution is 0.114. The van der Waals surface area contributed by atoms with Gasteiger partial charge in [-0.15, -0.1) is 0 Å². The van der Waals surface area contributed by atoms with Gasteiger partial charge in [-0.3, -0.25) is 4.98 Å². The molecule has 0 aliphatic rings. The number of pyridine rings is 1. The second-order valence-corrected chi connectivity index (χ2v) is 4.69. The SMILES string of the molecule is CCCOCC(Cc1cncc(Br)c1)NC. The minimum absolute atomic E-state index is 0.350. The number of ether oxygens (including phenoxy) is 1. The first-order chi connectivity index (χ1) is 7.76. The van der Waals surface area contributed by atoms with Gasteiger partial charge >= 0.3 is 0 Å². The van der Waals surface area contributed by atoms with Crippen molar-refractivity contribution in [2.24, 2.45) is 0 Å². The number of likely N-dealkylation sites (N-methyl/N-ethyl adjacent to an activating group) is 1. The fourth-order valence-corrected chi connectivity index (χ4v) is 1.88. The largest absolute Gasteiger partial charge is 0.380 e. The summed E-state index contributed by atoms with van der Waals surface area (Å²) in [6, 6.07) is 2.44. The zero-order valence-corrected chi connectivity index (χ0v) is 11.5. The highest BCUT2D eigenvalue weighted by Gasteiger charge is 2.07. The van der Waals surface area contributed by atoms with Crippen LogP contribution >= 0.6 is 15.9 Å². The summed E-state index contributed by atoms with van der Waals surface area (Å²) in [4.78, 5) is 4.15. The molecule has 0 radical (unpaired) electrons. The first-order valence-corrected chi connectivity index (χ1v) is 6.40. The summed E-state index contributed by atoms with van der Waals surface area (Å²) in [6.07, 6.45) is 5.70. The Morgan fingerprint density at radius 2 is 2.31 bits per heavy atom. The van der Waals surface area contributed by atoms with E-state index in [1.807, 2.05) is 13.2 Å². The molecule has 0 saturated carbocycles. The van der Waals surface area contributed by atoms with Crippen LogP contribution in [0.2, 0.25) is 0 Å². The van der Waals surface area contributed by atoms with Gasteiger partial charge in [0.1, 0.15) is 0 Å². The summed E-state index contributed by atoms with van der Waals surface area (Å²) in [6.45, 7) is 3.69. The predicted molar refractivity (Wildman–Crippen MR) is 69.6 cm³/mol. The molecule has 1 N–H and O–H groups in total. The molecule has 0 fully saturated rings. The second kappa shape index (κ2) is 7.76. The number of rotatable bonds is 7. The van der Waals surface area contributed by atoms with Gasteiger partial charge in [-0.05, 0) is 47.4 Å². The van der Waals surface area contributed by atoms with Crippen LogP contribution in [0.15, 0.2) is 22.9 Å². The van der Waals surface area contributed by atoms with E-state index in [4.69, 9.17) is 4.74 Å². The van der Waals surface area contributed by atoms with Gasteiger partial charge in [0.2, 0.25) is 0 Å². The average Bonchev–Trinajstić information content (AvgIpc) is 2.28. The van der Waals surface area contributed by atoms with Crippen LogP contribution in [0.5, 0.6) is 0 Å². The van der Waals surface area contributed by atoms with Gasteiger partial charge in [0, 0.05) is 29.5 Å². The van der Waals surface area contributed by atoms with E-state index in [2.05, 4.69) is 39.2 Å². The van der Waals surface area contributed by atoms with Gasteiger partial charge in [0.25, 0.3) is 0 Å². The normalized spacial score (nSPS) is 12.7. The number of halogens is 1. The van der Waals surface area contributed by atoms with E-state index >= 15 is 0 Å². The molecule has 3 nitrogen and oxygen atoms in total. The van der Waals surface area contributed by atoms with Crippen LogP contribution in [0.3, 0.4) is 0 Å². The van der Waals surface area contributed by atoms with Crippen LogP contribution in [0.4, 0.5) is 0 Å². The maximum Gasteiger partial charge on any atom is 0.0622 e. The van der Waals surface area contributed by atoms with Crippen LogP contribution in [-0.4, -0.2) is 31.3 Å². The van der Waals surface area contributed by atoms with Gasteiger partial charge in [-0.2, -0.15) is 0 Å². The third-order valence-corrected chi connectivity index (χ3v) is 2.75. The average molecular weight is 287 g/mol. The van der Waals surface area contributed by atoms with Crippen LogP contribution in [-0.2, 0) is 11.2 Å². The maximum absolute atomic E-state index is 5.54. The summed E-state index contributed by atoms with van der Waals surface area (Å²) in [5.74, 6) is 0. The van der Waals surface area contributed by atoms with Crippen LogP contribution in [0.1, 0.15) is 18.9 Å². The Labute approximate surface area is 106 Å². The van der Waals surface area contributed by atoms with Gasteiger partial charge < -0.3 is 10.1 Å². The molecule has 90 valence electrons. The molecule has 0 aliphatic carbocycles. The smallest absolute Gasteiger partial charge is 0.0622 e. The fourth-order valence-electron chi connectivity index (χ4n) is 1.47. The summed E-state index contributed by atoms with van der Waals surface area (Å²) >= 11 is 3.42. The summed E-state index contributed by atoms with van der Waals surface area (Å²) in [5.41, 5.74) is 1.22. The third-order valence-electron chi connectivity index (χ3n) is 2.32. The monoisotopic (exact) mass is 286 g/mol. The molecule has 1 atom stereocenters. The standard InChI is InChI=1S/C12H19BrN2O/c1-3-4-16-9-12(14-2)6-10-5-11(13)8-15-7-10/h5,7-8,12,14H,3-4,6,9H2,1-2H3. The molecule has 0 bridgehead atoms. The van der Waals surface area contributed by atoms with E-state index in [1.54, 1.807) is 6.20 Å². The van der Waals surface area contributed by atoms with E-state index in [9.17, 15) is 0 Å². The van der Waals surface area contributed by atoms with E-state index in [0.717, 1.165) is 30.5 Å². The van der Waals surface area contributed by atoms with Crippen LogP contribution in [0.25, 0.3) is 0 Å². The van der Waals surface area contributed by atoms with Crippen molar-refractivity contribution in [1.29, 1.82) is 0 Å². The van der Waals surface area contributed by atoms with Crippen molar-refractivity contribution in [3.63, 3.8) is 0 Å². The molecular formula is C12H19BrN2O. The lowest BCUT2D eigenvalue weighted by Gasteiger charge is -2.16. The van der Waals surface area contributed by atoms with Crippen molar-refractivity contribution in [1.82, 2.24) is 10.3 Å². The number of hydrogen-bond donors (Lipinski definition) is 1. The zero-order valence-electron chi connectivity index (χ0n) is 9.87. The Hall–Kier alpha value is -0.450. The van der Waals surface area contributed by atoms with E-state index in [0.29, 0.717) is 6.04 Å². The lowest BCUT2D eigenvalue weighted by Crippen LogP contribution is -2.32. The minimum Gasteiger partial charge on any atom is -0.380 e. The first kappa shape index (κ1) is 13.6. The Morgan fingerprint density at radius 3 is 2.94 bits per heavy atom. The quantitative estimate of drug-likeness (QED) is 0.782. The number of aromatic nitrogens is 1. The molecule has 4 heteroatoms. The molecule has 1 aromatic heterocycles. The lowest BCUT2D eigenvalue weighted by atomic mass is 10.1. The molecule has 0 aliphatic heterocycles. The van der Waals surface area contributed by atoms with Crippen molar-refractivity contribution >= 4 is 15.9 Å². The number of nitrogens with zero attached hydrogens (tertiary/aromatic N) is 1.